The fourth-order valence-electron chi connectivity index (χ4n) is 3.36. The molecule has 0 saturated carbocycles. The Labute approximate surface area is 186 Å². The molecule has 0 spiro atoms. The number of benzene rings is 1. The molecule has 0 fully saturated rings. The third-order valence-electron chi connectivity index (χ3n) is 4.99. The van der Waals surface area contributed by atoms with Gasteiger partial charge in [-0.3, -0.25) is 4.68 Å². The fraction of sp³-hybridized carbons (Fsp3) is 0.182. The molecule has 0 radical (unpaired) electrons. The van der Waals surface area contributed by atoms with Gasteiger partial charge in [0, 0.05) is 32.8 Å². The summed E-state index contributed by atoms with van der Waals surface area (Å²) < 4.78 is 16.8. The highest BCUT2D eigenvalue weighted by Crippen LogP contribution is 2.37. The smallest absolute Gasteiger partial charge is 0.124 e. The number of nitrogens with zero attached hydrogens (tertiary/aromatic N) is 6. The van der Waals surface area contributed by atoms with E-state index in [-0.39, 0.29) is 18.7 Å². The predicted octanol–water partition coefficient (Wildman–Crippen LogP) is 2.89. The number of halogens is 1. The summed E-state index contributed by atoms with van der Waals surface area (Å²) in [5.74, 6) is -0.500. The molecule has 0 unspecified atom stereocenters. The van der Waals surface area contributed by atoms with Crippen LogP contribution in [-0.2, 0) is 6.54 Å². The molecule has 1 aromatic carbocycles. The summed E-state index contributed by atoms with van der Waals surface area (Å²) in [5, 5.41) is 46.4. The van der Waals surface area contributed by atoms with Crippen molar-refractivity contribution in [1.29, 1.82) is 10.5 Å². The highest BCUT2D eigenvalue weighted by atomic mass is 32.2. The lowest BCUT2D eigenvalue weighted by Crippen LogP contribution is -2.21. The average molecular weight is 448 g/mol. The van der Waals surface area contributed by atoms with Crippen molar-refractivity contribution in [3.05, 3.63) is 65.5 Å². The zero-order valence-electron chi connectivity index (χ0n) is 16.9. The number of hydrogen-bond donors (Lipinski definition) is 2. The Bertz CT molecular complexity index is 1400. The molecule has 4 aromatic rings. The zero-order valence-corrected chi connectivity index (χ0v) is 17.7. The minimum atomic E-state index is -0.928. The molecule has 8 nitrogen and oxygen atoms in total. The average Bonchev–Trinajstić information content (AvgIpc) is 3.38. The van der Waals surface area contributed by atoms with Gasteiger partial charge in [0.05, 0.1) is 48.3 Å². The third-order valence-corrected chi connectivity index (χ3v) is 6.09. The fourth-order valence-corrected chi connectivity index (χ4v) is 4.43. The molecule has 2 N–H and O–H groups in total. The summed E-state index contributed by atoms with van der Waals surface area (Å²) in [5.41, 5.74) is 3.47. The molecular weight excluding hydrogens is 431 g/mol. The second kappa shape index (κ2) is 8.81. The van der Waals surface area contributed by atoms with Crippen LogP contribution in [0.25, 0.3) is 16.6 Å². The van der Waals surface area contributed by atoms with Gasteiger partial charge in [0.2, 0.25) is 0 Å². The van der Waals surface area contributed by atoms with Gasteiger partial charge in [-0.05, 0) is 31.2 Å². The van der Waals surface area contributed by atoms with Gasteiger partial charge in [-0.1, -0.05) is 11.8 Å². The molecule has 0 aliphatic heterocycles. The Hall–Kier alpha value is -3.70. The van der Waals surface area contributed by atoms with Crippen LogP contribution in [0, 0.1) is 35.4 Å². The van der Waals surface area contributed by atoms with Crippen LogP contribution in [0.4, 0.5) is 4.39 Å². The summed E-state index contributed by atoms with van der Waals surface area (Å²) in [4.78, 5) is 1.22. The Morgan fingerprint density at radius 2 is 1.91 bits per heavy atom. The number of aromatic nitrogens is 4. The highest BCUT2D eigenvalue weighted by molar-refractivity contribution is 7.99. The van der Waals surface area contributed by atoms with E-state index >= 15 is 0 Å². The Morgan fingerprint density at radius 1 is 1.12 bits per heavy atom. The van der Waals surface area contributed by atoms with Crippen LogP contribution in [-0.4, -0.2) is 42.3 Å². The van der Waals surface area contributed by atoms with Gasteiger partial charge in [-0.2, -0.15) is 20.7 Å². The van der Waals surface area contributed by atoms with Gasteiger partial charge in [-0.15, -0.1) is 0 Å². The van der Waals surface area contributed by atoms with Crippen molar-refractivity contribution in [3.63, 3.8) is 0 Å². The van der Waals surface area contributed by atoms with Crippen LogP contribution in [0.5, 0.6) is 0 Å². The standard InChI is InChI=1S/C22H17FN6O2S/c1-13-19(9-27-28(13)11-18(31)12-30)15-5-21(22-16(7-25)8-26-29(22)10-15)32-20-3-2-17(23)4-14(20)6-24/h2-5,8-10,18,30-31H,11-12H2,1H3/t18-/m0/s1. The first-order valence-electron chi connectivity index (χ1n) is 9.55. The summed E-state index contributed by atoms with van der Waals surface area (Å²) >= 11 is 1.25. The lowest BCUT2D eigenvalue weighted by molar-refractivity contribution is 0.0777. The first kappa shape index (κ1) is 21.5. The van der Waals surface area contributed by atoms with E-state index in [0.29, 0.717) is 20.9 Å². The molecule has 0 saturated heterocycles. The molecule has 32 heavy (non-hydrogen) atoms. The van der Waals surface area contributed by atoms with E-state index in [4.69, 9.17) is 5.11 Å². The summed E-state index contributed by atoms with van der Waals surface area (Å²) in [6, 6.07) is 9.98. The molecular formula is C22H17FN6O2S. The van der Waals surface area contributed by atoms with Gasteiger partial charge < -0.3 is 10.2 Å². The second-order valence-corrected chi connectivity index (χ2v) is 8.16. The van der Waals surface area contributed by atoms with E-state index in [1.807, 2.05) is 19.1 Å². The van der Waals surface area contributed by atoms with Gasteiger partial charge in [-0.25, -0.2) is 8.91 Å². The first-order valence-corrected chi connectivity index (χ1v) is 10.4. The van der Waals surface area contributed by atoms with E-state index in [9.17, 15) is 20.0 Å². The second-order valence-electron chi connectivity index (χ2n) is 7.07. The lowest BCUT2D eigenvalue weighted by Gasteiger charge is -2.11. The quantitative estimate of drug-likeness (QED) is 0.465. The molecule has 3 aromatic heterocycles. The molecule has 0 aliphatic carbocycles. The topological polar surface area (TPSA) is 123 Å². The number of nitriles is 2. The number of fused-ring (bicyclic) bond motifs is 1. The summed E-state index contributed by atoms with van der Waals surface area (Å²) in [7, 11) is 0. The monoisotopic (exact) mass is 448 g/mol. The van der Waals surface area contributed by atoms with Crippen molar-refractivity contribution in [2.45, 2.75) is 29.4 Å². The van der Waals surface area contributed by atoms with E-state index in [2.05, 4.69) is 16.3 Å². The maximum Gasteiger partial charge on any atom is 0.124 e. The molecule has 3 heterocycles. The van der Waals surface area contributed by atoms with Crippen molar-refractivity contribution < 1.29 is 14.6 Å². The number of aliphatic hydroxyl groups is 2. The molecule has 4 rings (SSSR count). The van der Waals surface area contributed by atoms with E-state index < -0.39 is 11.9 Å². The SMILES string of the molecule is Cc1c(-c2cc(Sc3ccc(F)cc3C#N)c3c(C#N)cnn3c2)cnn1C[C@H](O)CO. The van der Waals surface area contributed by atoms with E-state index in [1.54, 1.807) is 21.6 Å². The van der Waals surface area contributed by atoms with Gasteiger partial charge in [0.1, 0.15) is 18.0 Å². The van der Waals surface area contributed by atoms with Gasteiger partial charge >= 0.3 is 0 Å². The van der Waals surface area contributed by atoms with E-state index in [1.165, 1.54) is 36.2 Å². The molecule has 160 valence electrons. The molecule has 0 bridgehead atoms. The van der Waals surface area contributed by atoms with Crippen LogP contribution in [0.2, 0.25) is 0 Å². The normalized spacial score (nSPS) is 11.9. The van der Waals surface area contributed by atoms with Crippen molar-refractivity contribution >= 4 is 17.3 Å². The minimum Gasteiger partial charge on any atom is -0.394 e. The Kier molecular flexibility index (Phi) is 5.93. The Balaban J connectivity index is 1.84. The molecule has 10 heteroatoms. The molecule has 0 aliphatic rings. The number of rotatable bonds is 6. The number of aliphatic hydroxyl groups excluding tert-OH is 2. The number of pyridine rings is 1. The number of hydrogen-bond acceptors (Lipinski definition) is 7. The largest absolute Gasteiger partial charge is 0.394 e. The van der Waals surface area contributed by atoms with Crippen molar-refractivity contribution in [2.75, 3.05) is 6.61 Å². The van der Waals surface area contributed by atoms with Gasteiger partial charge in [0.25, 0.3) is 0 Å². The molecule has 0 amide bonds. The van der Waals surface area contributed by atoms with Crippen LogP contribution >= 0.6 is 11.8 Å². The van der Waals surface area contributed by atoms with Gasteiger partial charge in [0.15, 0.2) is 0 Å². The molecule has 1 atom stereocenters. The highest BCUT2D eigenvalue weighted by Gasteiger charge is 2.18. The van der Waals surface area contributed by atoms with Crippen molar-refractivity contribution in [1.82, 2.24) is 19.4 Å². The van der Waals surface area contributed by atoms with Crippen molar-refractivity contribution in [3.8, 4) is 23.3 Å². The zero-order chi connectivity index (χ0) is 22.8. The van der Waals surface area contributed by atoms with Crippen LogP contribution in [0.1, 0.15) is 16.8 Å². The van der Waals surface area contributed by atoms with Crippen LogP contribution < -0.4 is 0 Å². The van der Waals surface area contributed by atoms with E-state index in [0.717, 1.165) is 16.8 Å². The third kappa shape index (κ3) is 3.95. The summed E-state index contributed by atoms with van der Waals surface area (Å²) in [6.07, 6.45) is 3.96. The van der Waals surface area contributed by atoms with Crippen molar-refractivity contribution in [2.24, 2.45) is 0 Å². The lowest BCUT2D eigenvalue weighted by atomic mass is 10.1. The maximum atomic E-state index is 13.6. The minimum absolute atomic E-state index is 0.146. The Morgan fingerprint density at radius 3 is 2.62 bits per heavy atom. The predicted molar refractivity (Wildman–Crippen MR) is 114 cm³/mol. The van der Waals surface area contributed by atoms with Crippen LogP contribution in [0.15, 0.2) is 52.6 Å². The van der Waals surface area contributed by atoms with Crippen LogP contribution in [0.3, 0.4) is 0 Å². The summed E-state index contributed by atoms with van der Waals surface area (Å²) in [6.45, 7) is 1.62. The maximum absolute atomic E-state index is 13.6. The first-order chi connectivity index (χ1) is 15.4.